The molecule has 6 nitrogen and oxygen atoms in total. The number of rotatable bonds is 5. The van der Waals surface area contributed by atoms with Crippen molar-refractivity contribution in [2.45, 2.75) is 46.8 Å². The highest BCUT2D eigenvalue weighted by Crippen LogP contribution is 2.29. The SMILES string of the molecule is CCN1CCc2nc3ccccc3c(C(=O)OC(C)C(=O)Nc3cc(C)ccc3C)c2C1. The van der Waals surface area contributed by atoms with Gasteiger partial charge in [-0.25, -0.2) is 4.79 Å². The number of nitrogens with one attached hydrogen (secondary N) is 1. The summed E-state index contributed by atoms with van der Waals surface area (Å²) in [6, 6.07) is 13.5. The third-order valence-corrected chi connectivity index (χ3v) is 6.08. The van der Waals surface area contributed by atoms with E-state index in [1.807, 2.05) is 56.3 Å². The summed E-state index contributed by atoms with van der Waals surface area (Å²) in [6.07, 6.45) is -0.146. The maximum absolute atomic E-state index is 13.4. The van der Waals surface area contributed by atoms with E-state index < -0.39 is 12.1 Å². The van der Waals surface area contributed by atoms with Crippen LogP contribution in [0, 0.1) is 13.8 Å². The van der Waals surface area contributed by atoms with Crippen molar-refractivity contribution in [2.75, 3.05) is 18.4 Å². The van der Waals surface area contributed by atoms with Gasteiger partial charge in [0.05, 0.1) is 11.1 Å². The van der Waals surface area contributed by atoms with Gasteiger partial charge in [0.15, 0.2) is 6.10 Å². The second-order valence-electron chi connectivity index (χ2n) is 8.40. The lowest BCUT2D eigenvalue weighted by Crippen LogP contribution is -2.34. The monoisotopic (exact) mass is 431 g/mol. The minimum absolute atomic E-state index is 0.352. The topological polar surface area (TPSA) is 71.5 Å². The number of hydrogen-bond donors (Lipinski definition) is 1. The summed E-state index contributed by atoms with van der Waals surface area (Å²) >= 11 is 0. The van der Waals surface area contributed by atoms with Gasteiger partial charge in [0, 0.05) is 41.8 Å². The number of fused-ring (bicyclic) bond motifs is 2. The molecule has 0 saturated heterocycles. The quantitative estimate of drug-likeness (QED) is 0.606. The number of anilines is 1. The van der Waals surface area contributed by atoms with E-state index >= 15 is 0 Å². The van der Waals surface area contributed by atoms with Crippen LogP contribution in [0.5, 0.6) is 0 Å². The molecule has 3 aromatic rings. The van der Waals surface area contributed by atoms with Crippen LogP contribution in [0.3, 0.4) is 0 Å². The van der Waals surface area contributed by atoms with Crippen molar-refractivity contribution in [3.8, 4) is 0 Å². The van der Waals surface area contributed by atoms with Crippen LogP contribution in [0.1, 0.15) is 46.6 Å². The van der Waals surface area contributed by atoms with Gasteiger partial charge in [-0.15, -0.1) is 0 Å². The molecule has 1 aliphatic rings. The summed E-state index contributed by atoms with van der Waals surface area (Å²) in [6.45, 7) is 10.1. The van der Waals surface area contributed by atoms with E-state index in [-0.39, 0.29) is 5.91 Å². The van der Waals surface area contributed by atoms with E-state index in [4.69, 9.17) is 9.72 Å². The molecule has 1 N–H and O–H groups in total. The van der Waals surface area contributed by atoms with Gasteiger partial charge < -0.3 is 10.1 Å². The summed E-state index contributed by atoms with van der Waals surface area (Å²) in [5.41, 5.74) is 5.87. The second kappa shape index (κ2) is 9.09. The van der Waals surface area contributed by atoms with Gasteiger partial charge in [-0.2, -0.15) is 0 Å². The molecule has 4 rings (SSSR count). The highest BCUT2D eigenvalue weighted by atomic mass is 16.5. The van der Waals surface area contributed by atoms with Gasteiger partial charge in [0.2, 0.25) is 0 Å². The van der Waals surface area contributed by atoms with Crippen molar-refractivity contribution in [1.29, 1.82) is 0 Å². The highest BCUT2D eigenvalue weighted by Gasteiger charge is 2.28. The third-order valence-electron chi connectivity index (χ3n) is 6.08. The number of ether oxygens (including phenoxy) is 1. The molecule has 166 valence electrons. The van der Waals surface area contributed by atoms with Crippen LogP contribution in [0.4, 0.5) is 5.69 Å². The number of para-hydroxylation sites is 1. The van der Waals surface area contributed by atoms with Crippen molar-refractivity contribution in [2.24, 2.45) is 0 Å². The summed E-state index contributed by atoms with van der Waals surface area (Å²) in [5, 5.41) is 3.65. The second-order valence-corrected chi connectivity index (χ2v) is 8.40. The maximum atomic E-state index is 13.4. The van der Waals surface area contributed by atoms with E-state index in [9.17, 15) is 9.59 Å². The number of esters is 1. The van der Waals surface area contributed by atoms with Crippen molar-refractivity contribution >= 4 is 28.5 Å². The number of aromatic nitrogens is 1. The van der Waals surface area contributed by atoms with Crippen LogP contribution >= 0.6 is 0 Å². The molecule has 1 atom stereocenters. The Hall–Kier alpha value is -3.25. The van der Waals surface area contributed by atoms with Crippen molar-refractivity contribution in [3.63, 3.8) is 0 Å². The lowest BCUT2D eigenvalue weighted by molar-refractivity contribution is -0.123. The van der Waals surface area contributed by atoms with Crippen LogP contribution in [0.25, 0.3) is 10.9 Å². The Morgan fingerprint density at radius 3 is 2.75 bits per heavy atom. The van der Waals surface area contributed by atoms with Crippen LogP contribution in [0.15, 0.2) is 42.5 Å². The Balaban J connectivity index is 1.62. The zero-order chi connectivity index (χ0) is 22.8. The molecule has 0 fully saturated rings. The number of pyridine rings is 1. The first-order valence-electron chi connectivity index (χ1n) is 11.1. The number of hydrogen-bond acceptors (Lipinski definition) is 5. The van der Waals surface area contributed by atoms with E-state index in [2.05, 4.69) is 17.1 Å². The predicted octanol–water partition coefficient (Wildman–Crippen LogP) is 4.41. The van der Waals surface area contributed by atoms with Gasteiger partial charge in [-0.05, 0) is 50.6 Å². The number of amides is 1. The summed E-state index contributed by atoms with van der Waals surface area (Å²) in [4.78, 5) is 33.2. The minimum Gasteiger partial charge on any atom is -0.449 e. The first-order chi connectivity index (χ1) is 15.4. The molecule has 1 unspecified atom stereocenters. The largest absolute Gasteiger partial charge is 0.449 e. The smallest absolute Gasteiger partial charge is 0.339 e. The van der Waals surface area contributed by atoms with E-state index in [1.165, 1.54) is 0 Å². The Morgan fingerprint density at radius 1 is 1.19 bits per heavy atom. The molecule has 0 saturated carbocycles. The third kappa shape index (κ3) is 4.36. The average molecular weight is 432 g/mol. The van der Waals surface area contributed by atoms with Gasteiger partial charge in [0.1, 0.15) is 0 Å². The number of carbonyl (C=O) groups excluding carboxylic acids is 2. The molecule has 1 aromatic heterocycles. The normalized spacial score (nSPS) is 14.6. The highest BCUT2D eigenvalue weighted by molar-refractivity contribution is 6.06. The first-order valence-corrected chi connectivity index (χ1v) is 11.1. The number of carbonyl (C=O) groups is 2. The molecule has 32 heavy (non-hydrogen) atoms. The zero-order valence-electron chi connectivity index (χ0n) is 19.1. The van der Waals surface area contributed by atoms with E-state index in [0.717, 1.165) is 58.5 Å². The molecule has 1 amide bonds. The fourth-order valence-electron chi connectivity index (χ4n) is 4.13. The summed E-state index contributed by atoms with van der Waals surface area (Å²) in [7, 11) is 0. The number of aryl methyl sites for hydroxylation is 2. The molecule has 2 heterocycles. The Morgan fingerprint density at radius 2 is 1.97 bits per heavy atom. The molecule has 0 aliphatic carbocycles. The van der Waals surface area contributed by atoms with Crippen LogP contribution < -0.4 is 5.32 Å². The van der Waals surface area contributed by atoms with Crippen molar-refractivity contribution in [3.05, 3.63) is 70.4 Å². The van der Waals surface area contributed by atoms with Crippen LogP contribution in [0.2, 0.25) is 0 Å². The molecule has 2 aromatic carbocycles. The number of nitrogens with zero attached hydrogens (tertiary/aromatic N) is 2. The Labute approximate surface area is 188 Å². The van der Waals surface area contributed by atoms with Gasteiger partial charge in [-0.1, -0.05) is 37.3 Å². The van der Waals surface area contributed by atoms with Crippen molar-refractivity contribution in [1.82, 2.24) is 9.88 Å². The van der Waals surface area contributed by atoms with Gasteiger partial charge in [0.25, 0.3) is 5.91 Å². The summed E-state index contributed by atoms with van der Waals surface area (Å²) in [5.74, 6) is -0.837. The van der Waals surface area contributed by atoms with Crippen LogP contribution in [-0.2, 0) is 22.5 Å². The molecule has 0 radical (unpaired) electrons. The van der Waals surface area contributed by atoms with Gasteiger partial charge >= 0.3 is 5.97 Å². The standard InChI is InChI=1S/C26H29N3O3/c1-5-29-13-12-22-20(15-29)24(19-8-6-7-9-21(19)27-22)26(31)32-18(4)25(30)28-23-14-16(2)10-11-17(23)3/h6-11,14,18H,5,12-13,15H2,1-4H3,(H,28,30). The maximum Gasteiger partial charge on any atom is 0.339 e. The molecular weight excluding hydrogens is 402 g/mol. The minimum atomic E-state index is -0.934. The lowest BCUT2D eigenvalue weighted by atomic mass is 9.95. The first kappa shape index (κ1) is 22.0. The lowest BCUT2D eigenvalue weighted by Gasteiger charge is -2.29. The van der Waals surface area contributed by atoms with Crippen LogP contribution in [-0.4, -0.2) is 41.0 Å². The zero-order valence-corrected chi connectivity index (χ0v) is 19.1. The van der Waals surface area contributed by atoms with E-state index in [1.54, 1.807) is 6.92 Å². The Kier molecular flexibility index (Phi) is 6.24. The molecule has 1 aliphatic heterocycles. The molecule has 0 spiro atoms. The summed E-state index contributed by atoms with van der Waals surface area (Å²) < 4.78 is 5.69. The number of benzene rings is 2. The average Bonchev–Trinajstić information content (AvgIpc) is 2.79. The van der Waals surface area contributed by atoms with E-state index in [0.29, 0.717) is 12.1 Å². The van der Waals surface area contributed by atoms with Crippen molar-refractivity contribution < 1.29 is 14.3 Å². The molecular formula is C26H29N3O3. The number of likely N-dealkylation sites (N-methyl/N-ethyl adjacent to an activating group) is 1. The molecule has 0 bridgehead atoms. The molecule has 6 heteroatoms. The fraction of sp³-hybridized carbons (Fsp3) is 0.346. The fourth-order valence-corrected chi connectivity index (χ4v) is 4.13. The van der Waals surface area contributed by atoms with Gasteiger partial charge in [-0.3, -0.25) is 14.7 Å². The predicted molar refractivity (Wildman–Crippen MR) is 126 cm³/mol. The Bertz CT molecular complexity index is 1190.